The van der Waals surface area contributed by atoms with Crippen LogP contribution >= 0.6 is 46.6 Å². The van der Waals surface area contributed by atoms with Gasteiger partial charge in [-0.15, -0.1) is 0 Å². The van der Waals surface area contributed by atoms with E-state index in [0.29, 0.717) is 28.5 Å². The van der Waals surface area contributed by atoms with E-state index in [1.54, 1.807) is 12.3 Å². The number of esters is 1. The number of aromatic nitrogens is 1. The minimum Gasteiger partial charge on any atom is -0.469 e. The Morgan fingerprint density at radius 1 is 1.08 bits per heavy atom. The third-order valence-corrected chi connectivity index (χ3v) is 6.56. The maximum absolute atomic E-state index is 12.6. The summed E-state index contributed by atoms with van der Waals surface area (Å²) in [6.45, 7) is 0. The first kappa shape index (κ1) is 28.8. The van der Waals surface area contributed by atoms with Crippen LogP contribution in [0, 0.1) is 0 Å². The fourth-order valence-electron chi connectivity index (χ4n) is 3.13. The van der Waals surface area contributed by atoms with Gasteiger partial charge in [0.1, 0.15) is 6.17 Å². The average Bonchev–Trinajstić information content (AvgIpc) is 2.89. The van der Waals surface area contributed by atoms with Crippen LogP contribution in [-0.2, 0) is 14.3 Å². The Hall–Kier alpha value is -2.78. The van der Waals surface area contributed by atoms with E-state index < -0.39 is 15.9 Å². The maximum Gasteiger partial charge on any atom is 0.305 e. The van der Waals surface area contributed by atoms with Crippen molar-refractivity contribution < 1.29 is 14.3 Å². The van der Waals surface area contributed by atoms with Crippen LogP contribution in [0.15, 0.2) is 77.9 Å². The van der Waals surface area contributed by atoms with E-state index in [1.807, 2.05) is 60.7 Å². The quantitative estimate of drug-likeness (QED) is 0.0612. The summed E-state index contributed by atoms with van der Waals surface area (Å²) in [6.07, 6.45) is 4.37. The number of fused-ring (bicyclic) bond motifs is 1. The predicted molar refractivity (Wildman–Crippen MR) is 153 cm³/mol. The lowest BCUT2D eigenvalue weighted by Crippen LogP contribution is -2.54. The second-order valence-electron chi connectivity index (χ2n) is 7.67. The molecule has 2 aromatic carbocycles. The Bertz CT molecular complexity index is 1260. The van der Waals surface area contributed by atoms with Crippen LogP contribution in [0.3, 0.4) is 0 Å². The van der Waals surface area contributed by atoms with Crippen LogP contribution in [0.4, 0.5) is 5.69 Å². The van der Waals surface area contributed by atoms with Gasteiger partial charge in [-0.1, -0.05) is 95.1 Å². The molecule has 0 spiro atoms. The number of amidine groups is 1. The Labute approximate surface area is 234 Å². The van der Waals surface area contributed by atoms with Crippen LogP contribution in [0.1, 0.15) is 18.4 Å². The zero-order valence-electron chi connectivity index (χ0n) is 19.9. The normalized spacial score (nSPS) is 12.9. The van der Waals surface area contributed by atoms with Crippen LogP contribution in [-0.4, -0.2) is 44.8 Å². The Morgan fingerprint density at radius 2 is 1.84 bits per heavy atom. The summed E-state index contributed by atoms with van der Waals surface area (Å²) >= 11 is 20.0. The van der Waals surface area contributed by atoms with E-state index in [4.69, 9.17) is 44.5 Å². The molecule has 1 unspecified atom stereocenters. The maximum atomic E-state index is 12.6. The molecule has 1 atom stereocenters. The first-order valence-electron chi connectivity index (χ1n) is 11.2. The molecule has 0 aliphatic heterocycles. The number of pyridine rings is 1. The first-order valence-corrected chi connectivity index (χ1v) is 13.4. The van der Waals surface area contributed by atoms with Crippen molar-refractivity contribution in [3.05, 3.63) is 78.5 Å². The van der Waals surface area contributed by atoms with E-state index in [9.17, 15) is 9.59 Å². The number of benzene rings is 2. The number of halogens is 3. The molecule has 1 aromatic heterocycles. The zero-order chi connectivity index (χ0) is 26.7. The van der Waals surface area contributed by atoms with Gasteiger partial charge < -0.3 is 15.4 Å². The summed E-state index contributed by atoms with van der Waals surface area (Å²) in [5.74, 6) is -0.246. The number of hydrogen-bond donors (Lipinski definition) is 2. The summed E-state index contributed by atoms with van der Waals surface area (Å²) in [5.41, 5.74) is 2.14. The van der Waals surface area contributed by atoms with E-state index in [1.165, 1.54) is 24.9 Å². The number of carbonyl (C=O) groups excluding carboxylic acids is 2. The molecule has 3 rings (SSSR count). The summed E-state index contributed by atoms with van der Waals surface area (Å²) < 4.78 is 2.80. The molecule has 0 radical (unpaired) electrons. The zero-order valence-corrected chi connectivity index (χ0v) is 22.9. The van der Waals surface area contributed by atoms with Crippen molar-refractivity contribution in [1.82, 2.24) is 15.6 Å². The van der Waals surface area contributed by atoms with Gasteiger partial charge in [-0.25, -0.2) is 4.99 Å². The second-order valence-corrected chi connectivity index (χ2v) is 11.1. The molecule has 37 heavy (non-hydrogen) atoms. The number of nitrogens with zero attached hydrogens (tertiary/aromatic N) is 2. The van der Waals surface area contributed by atoms with E-state index in [2.05, 4.69) is 15.6 Å². The van der Waals surface area contributed by atoms with Crippen LogP contribution in [0.25, 0.3) is 17.0 Å². The third-order valence-electron chi connectivity index (χ3n) is 4.93. The molecule has 0 bridgehead atoms. The standard InChI is InChI=1S/C26H25Cl3N4O3S/c1-36-22(35)13-7-17-37-25(31-20-12-5-10-19-11-6-16-30-23(19)20)33-24(26(27,28)29)32-21(34)15-14-18-8-3-2-4-9-18/h2-6,8-12,14-16,24H,7,13,17H2,1H3,(H,31,33)(H,32,34)/b15-14+. The first-order chi connectivity index (χ1) is 17.8. The molecule has 0 aliphatic carbocycles. The van der Waals surface area contributed by atoms with Gasteiger partial charge in [0, 0.05) is 29.8 Å². The number of thioether (sulfide) groups is 1. The van der Waals surface area contributed by atoms with Gasteiger partial charge in [0.25, 0.3) is 0 Å². The Morgan fingerprint density at radius 3 is 2.57 bits per heavy atom. The van der Waals surface area contributed by atoms with Crippen molar-refractivity contribution in [3.8, 4) is 0 Å². The van der Waals surface area contributed by atoms with Gasteiger partial charge in [-0.05, 0) is 30.2 Å². The van der Waals surface area contributed by atoms with Crippen molar-refractivity contribution in [2.24, 2.45) is 4.99 Å². The Balaban J connectivity index is 1.83. The monoisotopic (exact) mass is 578 g/mol. The smallest absolute Gasteiger partial charge is 0.305 e. The number of rotatable bonds is 9. The molecule has 1 heterocycles. The summed E-state index contributed by atoms with van der Waals surface area (Å²) in [5, 5.41) is 7.02. The number of amides is 1. The molecule has 194 valence electrons. The lowest BCUT2D eigenvalue weighted by Gasteiger charge is -2.27. The fourth-order valence-corrected chi connectivity index (χ4v) is 4.30. The second kappa shape index (κ2) is 14.2. The number of methoxy groups -OCH3 is 1. The van der Waals surface area contributed by atoms with Crippen molar-refractivity contribution in [1.29, 1.82) is 0 Å². The SMILES string of the molecule is COC(=O)CCCS/C(=N/c1cccc2cccnc12)NC(NC(=O)/C=C/c1ccccc1)C(Cl)(Cl)Cl. The highest BCUT2D eigenvalue weighted by molar-refractivity contribution is 8.13. The van der Waals surface area contributed by atoms with Crippen LogP contribution < -0.4 is 10.6 Å². The lowest BCUT2D eigenvalue weighted by atomic mass is 10.2. The minimum absolute atomic E-state index is 0.251. The number of para-hydroxylation sites is 1. The molecule has 0 aliphatic rings. The number of alkyl halides is 3. The molecule has 0 saturated heterocycles. The molecule has 3 aromatic rings. The largest absolute Gasteiger partial charge is 0.469 e. The van der Waals surface area contributed by atoms with E-state index >= 15 is 0 Å². The topological polar surface area (TPSA) is 92.7 Å². The lowest BCUT2D eigenvalue weighted by molar-refractivity contribution is -0.140. The van der Waals surface area contributed by atoms with Crippen molar-refractivity contribution >= 4 is 86.3 Å². The van der Waals surface area contributed by atoms with Gasteiger partial charge in [0.05, 0.1) is 18.3 Å². The number of hydrogen-bond acceptors (Lipinski definition) is 6. The van der Waals surface area contributed by atoms with Crippen LogP contribution in [0.2, 0.25) is 0 Å². The van der Waals surface area contributed by atoms with Gasteiger partial charge in [-0.2, -0.15) is 0 Å². The third kappa shape index (κ3) is 9.55. The molecule has 0 fully saturated rings. The van der Waals surface area contributed by atoms with E-state index in [-0.39, 0.29) is 12.4 Å². The van der Waals surface area contributed by atoms with Gasteiger partial charge in [0.2, 0.25) is 9.70 Å². The van der Waals surface area contributed by atoms with Crippen LogP contribution in [0.5, 0.6) is 0 Å². The van der Waals surface area contributed by atoms with Gasteiger partial charge in [-0.3, -0.25) is 14.6 Å². The molecular formula is C26H25Cl3N4O3S. The highest BCUT2D eigenvalue weighted by Crippen LogP contribution is 2.30. The van der Waals surface area contributed by atoms with Crippen molar-refractivity contribution in [2.45, 2.75) is 22.8 Å². The molecular weight excluding hydrogens is 555 g/mol. The van der Waals surface area contributed by atoms with Crippen molar-refractivity contribution in [3.63, 3.8) is 0 Å². The summed E-state index contributed by atoms with van der Waals surface area (Å²) in [7, 11) is 1.35. The molecule has 7 nitrogen and oxygen atoms in total. The summed E-state index contributed by atoms with van der Waals surface area (Å²) in [6, 6.07) is 18.7. The van der Waals surface area contributed by atoms with Gasteiger partial charge >= 0.3 is 5.97 Å². The summed E-state index contributed by atoms with van der Waals surface area (Å²) in [4.78, 5) is 33.3. The van der Waals surface area contributed by atoms with Gasteiger partial charge in [0.15, 0.2) is 5.17 Å². The minimum atomic E-state index is -1.90. The fraction of sp³-hybridized carbons (Fsp3) is 0.231. The molecule has 1 amide bonds. The number of nitrogens with one attached hydrogen (secondary N) is 2. The average molecular weight is 580 g/mol. The number of carbonyl (C=O) groups is 2. The molecule has 11 heteroatoms. The molecule has 0 saturated carbocycles. The number of ether oxygens (including phenoxy) is 1. The Kier molecular flexibility index (Phi) is 11.1. The van der Waals surface area contributed by atoms with E-state index in [0.717, 1.165) is 10.9 Å². The highest BCUT2D eigenvalue weighted by Gasteiger charge is 2.34. The highest BCUT2D eigenvalue weighted by atomic mass is 35.6. The number of aliphatic imine (C=N–C) groups is 1. The van der Waals surface area contributed by atoms with Crippen molar-refractivity contribution in [2.75, 3.05) is 12.9 Å². The molecule has 2 N–H and O–H groups in total. The predicted octanol–water partition coefficient (Wildman–Crippen LogP) is 6.02.